The SMILES string of the molecule is CCN(CC)C(=O)c1ccccc1NC(=O)CN(c1cc(C)ccc1C)S(=O)(=O)c1ccc(C)cc1. The fourth-order valence-electron chi connectivity index (χ4n) is 3.91. The molecule has 0 saturated carbocycles. The summed E-state index contributed by atoms with van der Waals surface area (Å²) >= 11 is 0. The minimum atomic E-state index is -4.05. The molecule has 0 spiro atoms. The molecular weight excluding hydrogens is 474 g/mol. The van der Waals surface area contributed by atoms with E-state index in [9.17, 15) is 18.0 Å². The summed E-state index contributed by atoms with van der Waals surface area (Å²) in [7, 11) is -4.05. The topological polar surface area (TPSA) is 86.8 Å². The van der Waals surface area contributed by atoms with Gasteiger partial charge in [-0.2, -0.15) is 0 Å². The number of aryl methyl sites for hydroxylation is 3. The first-order valence-corrected chi connectivity index (χ1v) is 13.4. The van der Waals surface area contributed by atoms with Gasteiger partial charge < -0.3 is 10.2 Å². The van der Waals surface area contributed by atoms with Crippen LogP contribution < -0.4 is 9.62 Å². The maximum absolute atomic E-state index is 13.7. The molecule has 36 heavy (non-hydrogen) atoms. The molecule has 0 fully saturated rings. The second-order valence-corrected chi connectivity index (χ2v) is 10.5. The van der Waals surface area contributed by atoms with Gasteiger partial charge in [0.2, 0.25) is 5.91 Å². The molecule has 0 aliphatic rings. The molecule has 0 atom stereocenters. The van der Waals surface area contributed by atoms with Gasteiger partial charge in [-0.15, -0.1) is 0 Å². The molecule has 7 nitrogen and oxygen atoms in total. The third-order valence-electron chi connectivity index (χ3n) is 6.01. The maximum Gasteiger partial charge on any atom is 0.264 e. The van der Waals surface area contributed by atoms with Gasteiger partial charge in [0.25, 0.3) is 15.9 Å². The Morgan fingerprint density at radius 1 is 0.833 bits per heavy atom. The second kappa shape index (κ2) is 11.4. The van der Waals surface area contributed by atoms with Crippen LogP contribution in [0.2, 0.25) is 0 Å². The Hall–Kier alpha value is -3.65. The standard InChI is InChI=1S/C28H33N3O4S/c1-6-30(7-2)28(33)24-10-8-9-11-25(24)29-27(32)19-31(26-18-21(4)12-15-22(26)5)36(34,35)23-16-13-20(3)14-17-23/h8-18H,6-7,19H2,1-5H3,(H,29,32). The molecule has 0 heterocycles. The molecular formula is C28H33N3O4S. The van der Waals surface area contributed by atoms with Crippen LogP contribution in [0.3, 0.4) is 0 Å². The van der Waals surface area contributed by atoms with E-state index in [4.69, 9.17) is 0 Å². The lowest BCUT2D eigenvalue weighted by atomic mass is 10.1. The van der Waals surface area contributed by atoms with Crippen molar-refractivity contribution in [2.45, 2.75) is 39.5 Å². The number of amides is 2. The van der Waals surface area contributed by atoms with Crippen molar-refractivity contribution < 1.29 is 18.0 Å². The van der Waals surface area contributed by atoms with Crippen molar-refractivity contribution in [3.05, 3.63) is 89.0 Å². The molecule has 3 aromatic rings. The van der Waals surface area contributed by atoms with Gasteiger partial charge in [-0.3, -0.25) is 13.9 Å². The van der Waals surface area contributed by atoms with Crippen molar-refractivity contribution in [1.29, 1.82) is 0 Å². The number of nitrogens with one attached hydrogen (secondary N) is 1. The van der Waals surface area contributed by atoms with Crippen molar-refractivity contribution in [2.75, 3.05) is 29.3 Å². The van der Waals surface area contributed by atoms with Gasteiger partial charge in [-0.25, -0.2) is 8.42 Å². The van der Waals surface area contributed by atoms with Crippen LogP contribution in [0.1, 0.15) is 40.9 Å². The van der Waals surface area contributed by atoms with E-state index < -0.39 is 22.5 Å². The number of nitrogens with zero attached hydrogens (tertiary/aromatic N) is 2. The lowest BCUT2D eigenvalue weighted by Gasteiger charge is -2.26. The molecule has 190 valence electrons. The number of benzene rings is 3. The molecule has 3 aromatic carbocycles. The molecule has 3 rings (SSSR count). The molecule has 8 heteroatoms. The molecule has 0 aromatic heterocycles. The number of para-hydroxylation sites is 1. The van der Waals surface area contributed by atoms with Crippen LogP contribution in [0, 0.1) is 20.8 Å². The Morgan fingerprint density at radius 3 is 2.08 bits per heavy atom. The highest BCUT2D eigenvalue weighted by atomic mass is 32.2. The number of hydrogen-bond donors (Lipinski definition) is 1. The summed E-state index contributed by atoms with van der Waals surface area (Å²) in [6.07, 6.45) is 0. The summed E-state index contributed by atoms with van der Waals surface area (Å²) in [5, 5.41) is 2.77. The molecule has 2 amide bonds. The predicted octanol–water partition coefficient (Wildman–Crippen LogP) is 4.93. The summed E-state index contributed by atoms with van der Waals surface area (Å²) in [4.78, 5) is 28.0. The summed E-state index contributed by atoms with van der Waals surface area (Å²) in [5.41, 5.74) is 3.65. The van der Waals surface area contributed by atoms with Gasteiger partial charge in [-0.05, 0) is 76.1 Å². The Balaban J connectivity index is 1.99. The monoisotopic (exact) mass is 507 g/mol. The second-order valence-electron chi connectivity index (χ2n) is 8.69. The normalized spacial score (nSPS) is 11.1. The van der Waals surface area contributed by atoms with E-state index in [1.54, 1.807) is 59.5 Å². The average Bonchev–Trinajstić information content (AvgIpc) is 2.85. The highest BCUT2D eigenvalue weighted by molar-refractivity contribution is 7.92. The Labute approximate surface area is 213 Å². The van der Waals surface area contributed by atoms with E-state index in [-0.39, 0.29) is 10.8 Å². The van der Waals surface area contributed by atoms with Crippen molar-refractivity contribution >= 4 is 33.2 Å². The van der Waals surface area contributed by atoms with Gasteiger partial charge in [0.15, 0.2) is 0 Å². The lowest BCUT2D eigenvalue weighted by Crippen LogP contribution is -2.39. The number of carbonyl (C=O) groups is 2. The Bertz CT molecular complexity index is 1350. The van der Waals surface area contributed by atoms with E-state index in [1.807, 2.05) is 46.8 Å². The van der Waals surface area contributed by atoms with Crippen LogP contribution in [0.15, 0.2) is 71.6 Å². The third-order valence-corrected chi connectivity index (χ3v) is 7.79. The van der Waals surface area contributed by atoms with Crippen LogP contribution in [0.25, 0.3) is 0 Å². The van der Waals surface area contributed by atoms with E-state index in [0.29, 0.717) is 30.0 Å². The smallest absolute Gasteiger partial charge is 0.264 e. The minimum absolute atomic E-state index is 0.0962. The van der Waals surface area contributed by atoms with E-state index in [2.05, 4.69) is 5.32 Å². The highest BCUT2D eigenvalue weighted by Gasteiger charge is 2.29. The van der Waals surface area contributed by atoms with E-state index >= 15 is 0 Å². The first-order valence-electron chi connectivity index (χ1n) is 11.9. The van der Waals surface area contributed by atoms with Gasteiger partial charge in [0.05, 0.1) is 21.8 Å². The largest absolute Gasteiger partial charge is 0.339 e. The summed E-state index contributed by atoms with van der Waals surface area (Å²) in [5.74, 6) is -0.749. The minimum Gasteiger partial charge on any atom is -0.339 e. The van der Waals surface area contributed by atoms with Crippen molar-refractivity contribution in [3.63, 3.8) is 0 Å². The first-order chi connectivity index (χ1) is 17.1. The highest BCUT2D eigenvalue weighted by Crippen LogP contribution is 2.28. The van der Waals surface area contributed by atoms with Crippen LogP contribution in [0.5, 0.6) is 0 Å². The van der Waals surface area contributed by atoms with Crippen molar-refractivity contribution in [2.24, 2.45) is 0 Å². The molecule has 0 radical (unpaired) electrons. The molecule has 0 aliphatic carbocycles. The summed E-state index contributed by atoms with van der Waals surface area (Å²) in [6, 6.07) is 18.8. The van der Waals surface area contributed by atoms with Gasteiger partial charge >= 0.3 is 0 Å². The first kappa shape index (κ1) is 26.9. The van der Waals surface area contributed by atoms with Crippen LogP contribution in [-0.2, 0) is 14.8 Å². The number of rotatable bonds is 9. The molecule has 0 bridgehead atoms. The zero-order valence-electron chi connectivity index (χ0n) is 21.4. The summed E-state index contributed by atoms with van der Waals surface area (Å²) in [6.45, 7) is 9.95. The zero-order valence-corrected chi connectivity index (χ0v) is 22.2. The van der Waals surface area contributed by atoms with Gasteiger partial charge in [0, 0.05) is 13.1 Å². The Kier molecular flexibility index (Phi) is 8.53. The molecule has 1 N–H and O–H groups in total. The van der Waals surface area contributed by atoms with Crippen LogP contribution in [-0.4, -0.2) is 44.8 Å². The number of anilines is 2. The van der Waals surface area contributed by atoms with Crippen molar-refractivity contribution in [1.82, 2.24) is 4.90 Å². The third kappa shape index (κ3) is 5.94. The Morgan fingerprint density at radius 2 is 1.44 bits per heavy atom. The molecule has 0 unspecified atom stereocenters. The fraction of sp³-hybridized carbons (Fsp3) is 0.286. The number of sulfonamides is 1. The molecule has 0 aliphatic heterocycles. The average molecular weight is 508 g/mol. The van der Waals surface area contributed by atoms with Gasteiger partial charge in [0.1, 0.15) is 6.54 Å². The quantitative estimate of drug-likeness (QED) is 0.445. The molecule has 0 saturated heterocycles. The van der Waals surface area contributed by atoms with E-state index in [0.717, 1.165) is 21.0 Å². The van der Waals surface area contributed by atoms with Crippen LogP contribution in [0.4, 0.5) is 11.4 Å². The van der Waals surface area contributed by atoms with E-state index in [1.165, 1.54) is 0 Å². The number of carbonyl (C=O) groups excluding carboxylic acids is 2. The van der Waals surface area contributed by atoms with Gasteiger partial charge in [-0.1, -0.05) is 42.0 Å². The predicted molar refractivity (Wildman–Crippen MR) is 144 cm³/mol. The van der Waals surface area contributed by atoms with Crippen LogP contribution >= 0.6 is 0 Å². The number of hydrogen-bond acceptors (Lipinski definition) is 4. The maximum atomic E-state index is 13.7. The lowest BCUT2D eigenvalue weighted by molar-refractivity contribution is -0.114. The van der Waals surface area contributed by atoms with Crippen molar-refractivity contribution in [3.8, 4) is 0 Å². The summed E-state index contributed by atoms with van der Waals surface area (Å²) < 4.78 is 28.6. The fourth-order valence-corrected chi connectivity index (χ4v) is 5.38. The zero-order chi connectivity index (χ0) is 26.5.